The third-order valence-electron chi connectivity index (χ3n) is 4.23. The van der Waals surface area contributed by atoms with Crippen molar-refractivity contribution >= 4 is 5.91 Å². The van der Waals surface area contributed by atoms with Gasteiger partial charge in [0.25, 0.3) is 0 Å². The Kier molecular flexibility index (Phi) is 4.98. The number of likely N-dealkylation sites (tertiary alicyclic amines) is 1. The third-order valence-corrected chi connectivity index (χ3v) is 4.23. The van der Waals surface area contributed by atoms with Crippen molar-refractivity contribution in [3.8, 4) is 0 Å². The predicted molar refractivity (Wildman–Crippen MR) is 88.4 cm³/mol. The van der Waals surface area contributed by atoms with E-state index < -0.39 is 0 Å². The highest BCUT2D eigenvalue weighted by Gasteiger charge is 2.26. The minimum atomic E-state index is -0.0200. The van der Waals surface area contributed by atoms with E-state index >= 15 is 0 Å². The highest BCUT2D eigenvalue weighted by molar-refractivity contribution is 5.72. The standard InChI is InChI=1S/C18H22N4O/c1-14(23)20-11-16-4-5-17(21-12-16)18-3-2-10-22(18)13-15-6-8-19-9-7-15/h4-9,12,18H,2-3,10-11,13H2,1H3,(H,20,23)/t18-/m0/s1. The third kappa shape index (κ3) is 4.13. The number of rotatable bonds is 5. The normalized spacial score (nSPS) is 18.0. The topological polar surface area (TPSA) is 58.1 Å². The molecule has 0 spiro atoms. The van der Waals surface area contributed by atoms with E-state index in [1.165, 1.54) is 18.9 Å². The van der Waals surface area contributed by atoms with Crippen molar-refractivity contribution in [2.45, 2.75) is 38.9 Å². The van der Waals surface area contributed by atoms with Gasteiger partial charge < -0.3 is 5.32 Å². The number of aromatic nitrogens is 2. The molecule has 2 aromatic rings. The lowest BCUT2D eigenvalue weighted by Crippen LogP contribution is -2.23. The molecule has 5 nitrogen and oxygen atoms in total. The van der Waals surface area contributed by atoms with Crippen LogP contribution in [0.4, 0.5) is 0 Å². The summed E-state index contributed by atoms with van der Waals surface area (Å²) in [6, 6.07) is 8.66. The second kappa shape index (κ2) is 7.33. The van der Waals surface area contributed by atoms with Gasteiger partial charge in [0, 0.05) is 38.6 Å². The summed E-state index contributed by atoms with van der Waals surface area (Å²) in [5, 5.41) is 2.80. The van der Waals surface area contributed by atoms with Gasteiger partial charge in [0.2, 0.25) is 5.91 Å². The van der Waals surface area contributed by atoms with Crippen molar-refractivity contribution < 1.29 is 4.79 Å². The molecule has 2 aromatic heterocycles. The fraction of sp³-hybridized carbons (Fsp3) is 0.389. The number of nitrogens with zero attached hydrogens (tertiary/aromatic N) is 3. The maximum absolute atomic E-state index is 11.0. The van der Waals surface area contributed by atoms with E-state index in [0.717, 1.165) is 30.8 Å². The van der Waals surface area contributed by atoms with Crippen LogP contribution in [0.5, 0.6) is 0 Å². The highest BCUT2D eigenvalue weighted by Crippen LogP contribution is 2.31. The van der Waals surface area contributed by atoms with E-state index in [-0.39, 0.29) is 5.91 Å². The van der Waals surface area contributed by atoms with Crippen LogP contribution in [-0.4, -0.2) is 27.3 Å². The van der Waals surface area contributed by atoms with Gasteiger partial charge in [0.15, 0.2) is 0 Å². The fourth-order valence-corrected chi connectivity index (χ4v) is 3.04. The maximum atomic E-state index is 11.0. The molecule has 0 radical (unpaired) electrons. The van der Waals surface area contributed by atoms with Crippen LogP contribution < -0.4 is 5.32 Å². The van der Waals surface area contributed by atoms with Crippen LogP contribution >= 0.6 is 0 Å². The van der Waals surface area contributed by atoms with Crippen LogP contribution in [0.15, 0.2) is 42.9 Å². The average Bonchev–Trinajstić information content (AvgIpc) is 3.02. The molecule has 1 N–H and O–H groups in total. The van der Waals surface area contributed by atoms with Gasteiger partial charge in [-0.3, -0.25) is 19.7 Å². The molecule has 1 fully saturated rings. The number of nitrogens with one attached hydrogen (secondary N) is 1. The first-order chi connectivity index (χ1) is 11.2. The maximum Gasteiger partial charge on any atom is 0.217 e. The number of carbonyl (C=O) groups is 1. The van der Waals surface area contributed by atoms with Crippen molar-refractivity contribution in [2.24, 2.45) is 0 Å². The van der Waals surface area contributed by atoms with Crippen LogP contribution in [-0.2, 0) is 17.9 Å². The molecule has 0 aromatic carbocycles. The summed E-state index contributed by atoms with van der Waals surface area (Å²) < 4.78 is 0. The van der Waals surface area contributed by atoms with Crippen LogP contribution in [0.25, 0.3) is 0 Å². The van der Waals surface area contributed by atoms with Gasteiger partial charge in [-0.15, -0.1) is 0 Å². The van der Waals surface area contributed by atoms with E-state index in [2.05, 4.69) is 44.5 Å². The Labute approximate surface area is 136 Å². The van der Waals surface area contributed by atoms with Gasteiger partial charge in [-0.25, -0.2) is 0 Å². The van der Waals surface area contributed by atoms with Crippen molar-refractivity contribution in [2.75, 3.05) is 6.54 Å². The average molecular weight is 310 g/mol. The summed E-state index contributed by atoms with van der Waals surface area (Å²) in [6.45, 7) is 4.09. The molecule has 0 unspecified atom stereocenters. The van der Waals surface area contributed by atoms with E-state index in [1.54, 1.807) is 0 Å². The lowest BCUT2D eigenvalue weighted by atomic mass is 10.1. The number of hydrogen-bond acceptors (Lipinski definition) is 4. The molecule has 1 atom stereocenters. The van der Waals surface area contributed by atoms with Crippen LogP contribution in [0.2, 0.25) is 0 Å². The Hall–Kier alpha value is -2.27. The number of hydrogen-bond donors (Lipinski definition) is 1. The van der Waals surface area contributed by atoms with Gasteiger partial charge in [-0.2, -0.15) is 0 Å². The largest absolute Gasteiger partial charge is 0.352 e. The van der Waals surface area contributed by atoms with E-state index in [4.69, 9.17) is 0 Å². The van der Waals surface area contributed by atoms with Crippen molar-refractivity contribution in [3.05, 3.63) is 59.7 Å². The van der Waals surface area contributed by atoms with Crippen LogP contribution in [0, 0.1) is 0 Å². The quantitative estimate of drug-likeness (QED) is 0.921. The first kappa shape index (κ1) is 15.6. The second-order valence-electron chi connectivity index (χ2n) is 5.99. The molecular weight excluding hydrogens is 288 g/mol. The van der Waals surface area contributed by atoms with Gasteiger partial charge in [0.1, 0.15) is 0 Å². The molecule has 0 bridgehead atoms. The van der Waals surface area contributed by atoms with Gasteiger partial charge >= 0.3 is 0 Å². The lowest BCUT2D eigenvalue weighted by Gasteiger charge is -2.24. The van der Waals surface area contributed by atoms with Gasteiger partial charge in [-0.05, 0) is 48.7 Å². The number of amides is 1. The van der Waals surface area contributed by atoms with E-state index in [1.807, 2.05) is 18.6 Å². The molecule has 1 aliphatic rings. The lowest BCUT2D eigenvalue weighted by molar-refractivity contribution is -0.119. The van der Waals surface area contributed by atoms with Crippen molar-refractivity contribution in [1.82, 2.24) is 20.2 Å². The van der Waals surface area contributed by atoms with Gasteiger partial charge in [0.05, 0.1) is 11.7 Å². The highest BCUT2D eigenvalue weighted by atomic mass is 16.1. The summed E-state index contributed by atoms with van der Waals surface area (Å²) in [4.78, 5) is 22.1. The van der Waals surface area contributed by atoms with E-state index in [9.17, 15) is 4.79 Å². The Morgan fingerprint density at radius 2 is 2.09 bits per heavy atom. The summed E-state index contributed by atoms with van der Waals surface area (Å²) in [7, 11) is 0. The first-order valence-electron chi connectivity index (χ1n) is 8.04. The molecule has 0 saturated carbocycles. The minimum Gasteiger partial charge on any atom is -0.352 e. The Balaban J connectivity index is 1.66. The van der Waals surface area contributed by atoms with Gasteiger partial charge in [-0.1, -0.05) is 6.07 Å². The zero-order valence-corrected chi connectivity index (χ0v) is 13.4. The van der Waals surface area contributed by atoms with Crippen molar-refractivity contribution in [3.63, 3.8) is 0 Å². The summed E-state index contributed by atoms with van der Waals surface area (Å²) in [5.74, 6) is -0.0200. The molecule has 3 heterocycles. The zero-order chi connectivity index (χ0) is 16.1. The molecule has 1 aliphatic heterocycles. The second-order valence-corrected chi connectivity index (χ2v) is 5.99. The molecule has 3 rings (SSSR count). The molecule has 1 saturated heterocycles. The molecule has 1 amide bonds. The minimum absolute atomic E-state index is 0.0200. The zero-order valence-electron chi connectivity index (χ0n) is 13.4. The van der Waals surface area contributed by atoms with Crippen LogP contribution in [0.1, 0.15) is 42.6 Å². The Bertz CT molecular complexity index is 642. The molecule has 5 heteroatoms. The number of pyridine rings is 2. The predicted octanol–water partition coefficient (Wildman–Crippen LogP) is 2.45. The summed E-state index contributed by atoms with van der Waals surface area (Å²) in [6.07, 6.45) is 7.90. The monoisotopic (exact) mass is 310 g/mol. The first-order valence-corrected chi connectivity index (χ1v) is 8.04. The Morgan fingerprint density at radius 1 is 1.26 bits per heavy atom. The summed E-state index contributed by atoms with van der Waals surface area (Å²) >= 11 is 0. The molecule has 0 aliphatic carbocycles. The van der Waals surface area contributed by atoms with Crippen LogP contribution in [0.3, 0.4) is 0 Å². The Morgan fingerprint density at radius 3 is 2.78 bits per heavy atom. The smallest absolute Gasteiger partial charge is 0.217 e. The fourth-order valence-electron chi connectivity index (χ4n) is 3.04. The molecule has 120 valence electrons. The van der Waals surface area contributed by atoms with E-state index in [0.29, 0.717) is 12.6 Å². The molecule has 23 heavy (non-hydrogen) atoms. The van der Waals surface area contributed by atoms with Crippen molar-refractivity contribution in [1.29, 1.82) is 0 Å². The number of carbonyl (C=O) groups excluding carboxylic acids is 1. The SMILES string of the molecule is CC(=O)NCc1ccc([C@@H]2CCCN2Cc2ccncc2)nc1. The molecular formula is C18H22N4O. The summed E-state index contributed by atoms with van der Waals surface area (Å²) in [5.41, 5.74) is 3.43.